The summed E-state index contributed by atoms with van der Waals surface area (Å²) < 4.78 is 0. The normalized spacial score (nSPS) is 13.6. The molecular weight excluding hydrogens is 144 g/mol. The maximum absolute atomic E-state index is 8.99. The summed E-state index contributed by atoms with van der Waals surface area (Å²) in [5.74, 6) is 0. The van der Waals surface area contributed by atoms with Crippen LogP contribution in [0.2, 0.25) is 0 Å². The van der Waals surface area contributed by atoms with Crippen molar-refractivity contribution in [2.45, 2.75) is 20.8 Å². The van der Waals surface area contributed by atoms with Crippen molar-refractivity contribution in [2.75, 3.05) is 19.8 Å². The lowest BCUT2D eigenvalue weighted by atomic mass is 9.68. The molecule has 3 nitrogen and oxygen atoms in total. The van der Waals surface area contributed by atoms with Crippen LogP contribution in [0.5, 0.6) is 0 Å². The van der Waals surface area contributed by atoms with Crippen molar-refractivity contribution in [3.05, 3.63) is 0 Å². The van der Waals surface area contributed by atoms with Crippen LogP contribution in [-0.2, 0) is 0 Å². The van der Waals surface area contributed by atoms with Crippen LogP contribution < -0.4 is 0 Å². The Hall–Kier alpha value is -0.120. The van der Waals surface area contributed by atoms with Crippen molar-refractivity contribution >= 4 is 0 Å². The van der Waals surface area contributed by atoms with E-state index in [0.717, 1.165) is 0 Å². The van der Waals surface area contributed by atoms with Crippen LogP contribution in [0.1, 0.15) is 20.8 Å². The Morgan fingerprint density at radius 2 is 1.09 bits per heavy atom. The lowest BCUT2D eigenvalue weighted by Crippen LogP contribution is -2.45. The molecule has 0 aromatic rings. The van der Waals surface area contributed by atoms with E-state index in [0.29, 0.717) is 0 Å². The summed E-state index contributed by atoms with van der Waals surface area (Å²) >= 11 is 0. The third-order valence-electron chi connectivity index (χ3n) is 2.50. The van der Waals surface area contributed by atoms with Gasteiger partial charge in [-0.3, -0.25) is 0 Å². The van der Waals surface area contributed by atoms with Gasteiger partial charge in [0.15, 0.2) is 0 Å². The van der Waals surface area contributed by atoms with Crippen molar-refractivity contribution < 1.29 is 15.3 Å². The number of hydrogen-bond acceptors (Lipinski definition) is 3. The second kappa shape index (κ2) is 3.52. The van der Waals surface area contributed by atoms with Crippen LogP contribution in [0, 0.1) is 10.8 Å². The fourth-order valence-electron chi connectivity index (χ4n) is 0.862. The molecule has 0 aliphatic heterocycles. The number of aliphatic hydroxyl groups is 3. The Bertz CT molecular complexity index is 103. The summed E-state index contributed by atoms with van der Waals surface area (Å²) in [6.07, 6.45) is 0. The first-order valence-electron chi connectivity index (χ1n) is 3.76. The Morgan fingerprint density at radius 3 is 1.09 bits per heavy atom. The van der Waals surface area contributed by atoms with Gasteiger partial charge in [0.1, 0.15) is 0 Å². The van der Waals surface area contributed by atoms with Crippen molar-refractivity contribution in [2.24, 2.45) is 10.8 Å². The molecule has 0 fully saturated rings. The van der Waals surface area contributed by atoms with E-state index in [4.69, 9.17) is 15.3 Å². The lowest BCUT2D eigenvalue weighted by molar-refractivity contribution is -0.0698. The fourth-order valence-corrected chi connectivity index (χ4v) is 0.862. The summed E-state index contributed by atoms with van der Waals surface area (Å²) in [7, 11) is 0. The van der Waals surface area contributed by atoms with Crippen molar-refractivity contribution in [1.82, 2.24) is 0 Å². The van der Waals surface area contributed by atoms with Gasteiger partial charge in [0, 0.05) is 5.41 Å². The van der Waals surface area contributed by atoms with E-state index >= 15 is 0 Å². The summed E-state index contributed by atoms with van der Waals surface area (Å²) in [4.78, 5) is 0. The molecule has 3 heteroatoms. The minimum absolute atomic E-state index is 0.191. The first-order chi connectivity index (χ1) is 4.93. The summed E-state index contributed by atoms with van der Waals surface area (Å²) in [6, 6.07) is 0. The highest BCUT2D eigenvalue weighted by atomic mass is 16.3. The Labute approximate surface area is 67.7 Å². The number of rotatable bonds is 3. The Kier molecular flexibility index (Phi) is 3.48. The molecule has 0 aliphatic carbocycles. The van der Waals surface area contributed by atoms with Crippen LogP contribution in [0.25, 0.3) is 0 Å². The van der Waals surface area contributed by atoms with Gasteiger partial charge in [-0.15, -0.1) is 0 Å². The first-order valence-corrected chi connectivity index (χ1v) is 3.76. The molecule has 0 rings (SSSR count). The predicted molar refractivity (Wildman–Crippen MR) is 43.1 cm³/mol. The molecule has 11 heavy (non-hydrogen) atoms. The van der Waals surface area contributed by atoms with E-state index in [1.807, 2.05) is 20.8 Å². The molecule has 0 aromatic heterocycles. The molecule has 0 bridgehead atoms. The zero-order valence-corrected chi connectivity index (χ0v) is 7.46. The molecule has 0 amide bonds. The smallest absolute Gasteiger partial charge is 0.0536 e. The van der Waals surface area contributed by atoms with Crippen molar-refractivity contribution in [3.63, 3.8) is 0 Å². The third kappa shape index (κ3) is 1.92. The maximum atomic E-state index is 8.99. The van der Waals surface area contributed by atoms with E-state index in [1.54, 1.807) is 0 Å². The van der Waals surface area contributed by atoms with Gasteiger partial charge in [-0.1, -0.05) is 20.8 Å². The Morgan fingerprint density at radius 1 is 0.818 bits per heavy atom. The van der Waals surface area contributed by atoms with Crippen LogP contribution in [-0.4, -0.2) is 35.1 Å². The van der Waals surface area contributed by atoms with E-state index in [9.17, 15) is 0 Å². The molecule has 0 atom stereocenters. The lowest BCUT2D eigenvalue weighted by Gasteiger charge is -2.40. The van der Waals surface area contributed by atoms with E-state index < -0.39 is 5.41 Å². The van der Waals surface area contributed by atoms with E-state index in [2.05, 4.69) is 0 Å². The van der Waals surface area contributed by atoms with E-state index in [1.165, 1.54) is 0 Å². The average molecular weight is 162 g/mol. The van der Waals surface area contributed by atoms with Gasteiger partial charge >= 0.3 is 0 Å². The SMILES string of the molecule is CC(C)(C)C(CO)(CO)CO. The van der Waals surface area contributed by atoms with Gasteiger partial charge in [0.2, 0.25) is 0 Å². The summed E-state index contributed by atoms with van der Waals surface area (Å²) in [5.41, 5.74) is -1.06. The third-order valence-corrected chi connectivity index (χ3v) is 2.50. The van der Waals surface area contributed by atoms with Gasteiger partial charge in [-0.25, -0.2) is 0 Å². The highest BCUT2D eigenvalue weighted by molar-refractivity contribution is 4.88. The number of aliphatic hydroxyl groups excluding tert-OH is 3. The largest absolute Gasteiger partial charge is 0.396 e. The van der Waals surface area contributed by atoms with Crippen LogP contribution >= 0.6 is 0 Å². The van der Waals surface area contributed by atoms with Crippen LogP contribution in [0.3, 0.4) is 0 Å². The zero-order chi connectivity index (χ0) is 9.12. The highest BCUT2D eigenvalue weighted by Crippen LogP contribution is 2.37. The molecule has 0 heterocycles. The summed E-state index contributed by atoms with van der Waals surface area (Å²) in [5, 5.41) is 27.0. The molecule has 0 unspecified atom stereocenters. The quantitative estimate of drug-likeness (QED) is 0.547. The Balaban J connectivity index is 4.54. The van der Waals surface area contributed by atoms with Crippen molar-refractivity contribution in [1.29, 1.82) is 0 Å². The predicted octanol–water partition coefficient (Wildman–Crippen LogP) is -0.00420. The molecule has 0 saturated carbocycles. The average Bonchev–Trinajstić information content (AvgIpc) is 1.90. The van der Waals surface area contributed by atoms with Gasteiger partial charge in [-0.2, -0.15) is 0 Å². The van der Waals surface area contributed by atoms with Crippen LogP contribution in [0.15, 0.2) is 0 Å². The van der Waals surface area contributed by atoms with Gasteiger partial charge in [0.25, 0.3) is 0 Å². The number of hydrogen-bond donors (Lipinski definition) is 3. The minimum atomic E-state index is -0.771. The standard InChI is InChI=1S/C8H18O3/c1-7(2,3)8(4-9,5-10)6-11/h9-11H,4-6H2,1-3H3. The zero-order valence-electron chi connectivity index (χ0n) is 7.46. The fraction of sp³-hybridized carbons (Fsp3) is 1.00. The molecule has 0 saturated heterocycles. The second-order valence-corrected chi connectivity index (χ2v) is 4.00. The van der Waals surface area contributed by atoms with Gasteiger partial charge in [0.05, 0.1) is 19.8 Å². The van der Waals surface area contributed by atoms with Gasteiger partial charge < -0.3 is 15.3 Å². The molecule has 3 N–H and O–H groups in total. The topological polar surface area (TPSA) is 60.7 Å². The summed E-state index contributed by atoms with van der Waals surface area (Å²) in [6.45, 7) is 5.08. The van der Waals surface area contributed by atoms with Gasteiger partial charge in [-0.05, 0) is 5.41 Å². The van der Waals surface area contributed by atoms with E-state index in [-0.39, 0.29) is 25.2 Å². The first kappa shape index (κ1) is 10.9. The molecular formula is C8H18O3. The highest BCUT2D eigenvalue weighted by Gasteiger charge is 2.40. The molecule has 0 radical (unpaired) electrons. The monoisotopic (exact) mass is 162 g/mol. The molecule has 0 spiro atoms. The van der Waals surface area contributed by atoms with Crippen LogP contribution in [0.4, 0.5) is 0 Å². The molecule has 0 aromatic carbocycles. The molecule has 68 valence electrons. The van der Waals surface area contributed by atoms with Crippen molar-refractivity contribution in [3.8, 4) is 0 Å². The minimum Gasteiger partial charge on any atom is -0.396 e. The second-order valence-electron chi connectivity index (χ2n) is 4.00. The molecule has 0 aliphatic rings. The maximum Gasteiger partial charge on any atom is 0.0536 e.